The summed E-state index contributed by atoms with van der Waals surface area (Å²) in [5.74, 6) is 0.982. The lowest BCUT2D eigenvalue weighted by molar-refractivity contribution is 0.397. The molecule has 0 aliphatic rings. The molecule has 0 saturated heterocycles. The van der Waals surface area contributed by atoms with Crippen molar-refractivity contribution in [3.63, 3.8) is 0 Å². The lowest BCUT2D eigenvalue weighted by atomic mass is 9.85. The SMILES string of the molecule is CNCCN(C)c1cc(C(C)(C)C)c(OC)cc1C. The molecule has 0 aliphatic heterocycles. The molecule has 0 unspecified atom stereocenters. The Morgan fingerprint density at radius 1 is 1.26 bits per heavy atom. The fraction of sp³-hybridized carbons (Fsp3) is 0.625. The van der Waals surface area contributed by atoms with Gasteiger partial charge in [0.15, 0.2) is 0 Å². The summed E-state index contributed by atoms with van der Waals surface area (Å²) in [5, 5.41) is 3.19. The van der Waals surface area contributed by atoms with E-state index >= 15 is 0 Å². The molecule has 0 atom stereocenters. The monoisotopic (exact) mass is 264 g/mol. The van der Waals surface area contributed by atoms with Crippen molar-refractivity contribution in [3.05, 3.63) is 23.3 Å². The zero-order chi connectivity index (χ0) is 14.6. The van der Waals surface area contributed by atoms with Gasteiger partial charge in [-0.05, 0) is 37.1 Å². The van der Waals surface area contributed by atoms with Gasteiger partial charge in [-0.15, -0.1) is 0 Å². The minimum Gasteiger partial charge on any atom is -0.496 e. The van der Waals surface area contributed by atoms with Crippen LogP contribution in [0.5, 0.6) is 5.75 Å². The van der Waals surface area contributed by atoms with E-state index in [1.165, 1.54) is 16.8 Å². The molecule has 0 radical (unpaired) electrons. The van der Waals surface area contributed by atoms with E-state index in [0.29, 0.717) is 0 Å². The molecule has 108 valence electrons. The molecule has 1 aromatic rings. The normalized spacial score (nSPS) is 11.5. The number of rotatable bonds is 5. The van der Waals surface area contributed by atoms with Crippen LogP contribution in [0.3, 0.4) is 0 Å². The van der Waals surface area contributed by atoms with Gasteiger partial charge >= 0.3 is 0 Å². The minimum absolute atomic E-state index is 0.0810. The van der Waals surface area contributed by atoms with Gasteiger partial charge in [-0.3, -0.25) is 0 Å². The van der Waals surface area contributed by atoms with Gasteiger partial charge in [-0.1, -0.05) is 20.8 Å². The highest BCUT2D eigenvalue weighted by molar-refractivity contribution is 5.60. The molecule has 19 heavy (non-hydrogen) atoms. The second-order valence-corrected chi connectivity index (χ2v) is 6.11. The van der Waals surface area contributed by atoms with Crippen LogP contribution in [0, 0.1) is 6.92 Å². The van der Waals surface area contributed by atoms with Gasteiger partial charge in [-0.25, -0.2) is 0 Å². The first-order valence-electron chi connectivity index (χ1n) is 6.86. The van der Waals surface area contributed by atoms with Gasteiger partial charge in [0, 0.05) is 31.4 Å². The molecule has 1 rings (SSSR count). The number of ether oxygens (including phenoxy) is 1. The third kappa shape index (κ3) is 3.87. The van der Waals surface area contributed by atoms with E-state index in [9.17, 15) is 0 Å². The molecule has 3 heteroatoms. The van der Waals surface area contributed by atoms with Crippen molar-refractivity contribution in [1.29, 1.82) is 0 Å². The molecule has 3 nitrogen and oxygen atoms in total. The Labute approximate surface area is 118 Å². The zero-order valence-electron chi connectivity index (χ0n) is 13.4. The first kappa shape index (κ1) is 15.8. The van der Waals surface area contributed by atoms with Crippen LogP contribution < -0.4 is 15.0 Å². The Kier molecular flexibility index (Phi) is 5.24. The topological polar surface area (TPSA) is 24.5 Å². The Bertz CT molecular complexity index is 421. The maximum Gasteiger partial charge on any atom is 0.122 e. The molecular weight excluding hydrogens is 236 g/mol. The van der Waals surface area contributed by atoms with Crippen molar-refractivity contribution in [2.24, 2.45) is 0 Å². The summed E-state index contributed by atoms with van der Waals surface area (Å²) in [4.78, 5) is 2.29. The van der Waals surface area contributed by atoms with Crippen molar-refractivity contribution >= 4 is 5.69 Å². The first-order valence-corrected chi connectivity index (χ1v) is 6.86. The zero-order valence-corrected chi connectivity index (χ0v) is 13.4. The van der Waals surface area contributed by atoms with Gasteiger partial charge in [-0.2, -0.15) is 0 Å². The Morgan fingerprint density at radius 3 is 2.37 bits per heavy atom. The van der Waals surface area contributed by atoms with Gasteiger partial charge < -0.3 is 15.0 Å². The van der Waals surface area contributed by atoms with Crippen LogP contribution in [-0.2, 0) is 5.41 Å². The van der Waals surface area contributed by atoms with E-state index in [0.717, 1.165) is 18.8 Å². The second kappa shape index (κ2) is 6.29. The number of methoxy groups -OCH3 is 1. The lowest BCUT2D eigenvalue weighted by Crippen LogP contribution is -2.28. The molecule has 0 saturated carbocycles. The second-order valence-electron chi connectivity index (χ2n) is 6.11. The molecule has 0 spiro atoms. The van der Waals surface area contributed by atoms with Crippen molar-refractivity contribution in [3.8, 4) is 5.75 Å². The van der Waals surface area contributed by atoms with Crippen LogP contribution in [0.25, 0.3) is 0 Å². The summed E-state index contributed by atoms with van der Waals surface area (Å²) in [5.41, 5.74) is 3.87. The summed E-state index contributed by atoms with van der Waals surface area (Å²) in [7, 11) is 5.86. The quantitative estimate of drug-likeness (QED) is 0.885. The summed E-state index contributed by atoms with van der Waals surface area (Å²) < 4.78 is 5.54. The lowest BCUT2D eigenvalue weighted by Gasteiger charge is -2.27. The average molecular weight is 264 g/mol. The first-order chi connectivity index (χ1) is 8.81. The van der Waals surface area contributed by atoms with Crippen LogP contribution in [0.4, 0.5) is 5.69 Å². The Morgan fingerprint density at radius 2 is 1.89 bits per heavy atom. The number of hydrogen-bond acceptors (Lipinski definition) is 3. The van der Waals surface area contributed by atoms with Gasteiger partial charge in [0.05, 0.1) is 7.11 Å². The maximum atomic E-state index is 5.54. The Hall–Kier alpha value is -1.22. The van der Waals surface area contributed by atoms with Gasteiger partial charge in [0.2, 0.25) is 0 Å². The van der Waals surface area contributed by atoms with Crippen LogP contribution in [0.15, 0.2) is 12.1 Å². The predicted octanol–water partition coefficient (Wildman–Crippen LogP) is 2.96. The van der Waals surface area contributed by atoms with Crippen LogP contribution in [0.2, 0.25) is 0 Å². The van der Waals surface area contributed by atoms with Crippen LogP contribution in [-0.4, -0.2) is 34.3 Å². The Balaban J connectivity index is 3.19. The molecule has 1 aromatic carbocycles. The summed E-state index contributed by atoms with van der Waals surface area (Å²) in [6.07, 6.45) is 0. The van der Waals surface area contributed by atoms with E-state index < -0.39 is 0 Å². The standard InChI is InChI=1S/C16H28N2O/c1-12-10-15(19-7)13(16(2,3)4)11-14(12)18(6)9-8-17-5/h10-11,17H,8-9H2,1-7H3. The molecule has 0 bridgehead atoms. The third-order valence-corrected chi connectivity index (χ3v) is 3.43. The van der Waals surface area contributed by atoms with Crippen molar-refractivity contribution < 1.29 is 4.74 Å². The highest BCUT2D eigenvalue weighted by Crippen LogP contribution is 2.36. The van der Waals surface area contributed by atoms with Crippen LogP contribution >= 0.6 is 0 Å². The van der Waals surface area contributed by atoms with Crippen molar-refractivity contribution in [2.45, 2.75) is 33.1 Å². The number of likely N-dealkylation sites (N-methyl/N-ethyl adjacent to an activating group) is 2. The number of aryl methyl sites for hydroxylation is 1. The number of anilines is 1. The van der Waals surface area contributed by atoms with E-state index in [4.69, 9.17) is 4.74 Å². The highest BCUT2D eigenvalue weighted by Gasteiger charge is 2.21. The highest BCUT2D eigenvalue weighted by atomic mass is 16.5. The fourth-order valence-corrected chi connectivity index (χ4v) is 2.24. The van der Waals surface area contributed by atoms with E-state index in [2.05, 4.69) is 57.1 Å². The largest absolute Gasteiger partial charge is 0.496 e. The predicted molar refractivity (Wildman–Crippen MR) is 83.6 cm³/mol. The summed E-state index contributed by atoms with van der Waals surface area (Å²) in [6.45, 7) is 10.8. The molecule has 0 aliphatic carbocycles. The number of benzene rings is 1. The average Bonchev–Trinajstić information content (AvgIpc) is 2.33. The minimum atomic E-state index is 0.0810. The van der Waals surface area contributed by atoms with E-state index in [-0.39, 0.29) is 5.41 Å². The maximum absolute atomic E-state index is 5.54. The fourth-order valence-electron chi connectivity index (χ4n) is 2.24. The molecule has 0 aromatic heterocycles. The van der Waals surface area contributed by atoms with Gasteiger partial charge in [0.25, 0.3) is 0 Å². The molecule has 0 heterocycles. The van der Waals surface area contributed by atoms with Gasteiger partial charge in [0.1, 0.15) is 5.75 Å². The molecule has 0 amide bonds. The molecule has 0 fully saturated rings. The van der Waals surface area contributed by atoms with Crippen LogP contribution in [0.1, 0.15) is 31.9 Å². The van der Waals surface area contributed by atoms with Crippen molar-refractivity contribution in [2.75, 3.05) is 39.2 Å². The molecule has 1 N–H and O–H groups in total. The summed E-state index contributed by atoms with van der Waals surface area (Å²) in [6, 6.07) is 4.41. The smallest absolute Gasteiger partial charge is 0.122 e. The third-order valence-electron chi connectivity index (χ3n) is 3.43. The molecular formula is C16H28N2O. The van der Waals surface area contributed by atoms with E-state index in [1.807, 2.05) is 7.05 Å². The van der Waals surface area contributed by atoms with Crippen molar-refractivity contribution in [1.82, 2.24) is 5.32 Å². The number of nitrogens with zero attached hydrogens (tertiary/aromatic N) is 1. The number of nitrogens with one attached hydrogen (secondary N) is 1. The summed E-state index contributed by atoms with van der Waals surface area (Å²) >= 11 is 0. The van der Waals surface area contributed by atoms with E-state index in [1.54, 1.807) is 7.11 Å². The number of hydrogen-bond donors (Lipinski definition) is 1.